The summed E-state index contributed by atoms with van der Waals surface area (Å²) in [5.41, 5.74) is 0. The van der Waals surface area contributed by atoms with Crippen molar-refractivity contribution in [3.8, 4) is 0 Å². The Morgan fingerprint density at radius 3 is 3.38 bits per heavy atom. The van der Waals surface area contributed by atoms with Crippen LogP contribution < -0.4 is 5.32 Å². The minimum Gasteiger partial charge on any atom is -0.347 e. The van der Waals surface area contributed by atoms with Gasteiger partial charge in [-0.05, 0) is 19.8 Å². The van der Waals surface area contributed by atoms with Gasteiger partial charge in [0, 0.05) is 6.54 Å². The van der Waals surface area contributed by atoms with Crippen molar-refractivity contribution in [2.45, 2.75) is 31.8 Å². The van der Waals surface area contributed by atoms with Crippen LogP contribution in [0.3, 0.4) is 0 Å². The number of hydrogen-bond acceptors (Lipinski definition) is 5. The molecule has 2 atom stereocenters. The van der Waals surface area contributed by atoms with Crippen LogP contribution in [0.15, 0.2) is 11.3 Å². The maximum Gasteiger partial charge on any atom is 0.194 e. The molecular weight excluding hydrogens is 204 g/mol. The first-order valence-electron chi connectivity index (χ1n) is 5.77. The number of nitrogens with zero attached hydrogens (tertiary/aromatic N) is 4. The molecule has 86 valence electrons. The third kappa shape index (κ3) is 1.54. The van der Waals surface area contributed by atoms with Crippen molar-refractivity contribution >= 4 is 5.96 Å². The van der Waals surface area contributed by atoms with E-state index in [4.69, 9.17) is 0 Å². The molecule has 0 aromatic carbocycles. The summed E-state index contributed by atoms with van der Waals surface area (Å²) in [4.78, 5) is 11.0. The van der Waals surface area contributed by atoms with Gasteiger partial charge in [0.15, 0.2) is 5.96 Å². The smallest absolute Gasteiger partial charge is 0.194 e. The van der Waals surface area contributed by atoms with Crippen molar-refractivity contribution in [2.24, 2.45) is 4.99 Å². The topological polar surface area (TPSA) is 69.2 Å². The summed E-state index contributed by atoms with van der Waals surface area (Å²) in [6.07, 6.45) is 4.08. The molecule has 1 saturated heterocycles. The second-order valence-corrected chi connectivity index (χ2v) is 4.39. The average Bonchev–Trinajstić information content (AvgIpc) is 2.94. The van der Waals surface area contributed by atoms with Gasteiger partial charge >= 0.3 is 0 Å². The quantitative estimate of drug-likeness (QED) is 0.751. The van der Waals surface area contributed by atoms with E-state index in [1.54, 1.807) is 0 Å². The molecule has 6 heteroatoms. The van der Waals surface area contributed by atoms with E-state index in [1.165, 1.54) is 19.2 Å². The van der Waals surface area contributed by atoms with Crippen LogP contribution in [0.5, 0.6) is 0 Å². The van der Waals surface area contributed by atoms with Crippen LogP contribution in [-0.2, 0) is 0 Å². The molecular formula is C10H16N6. The molecule has 2 aliphatic rings. The molecule has 0 saturated carbocycles. The molecule has 0 amide bonds. The van der Waals surface area contributed by atoms with Gasteiger partial charge in [-0.2, -0.15) is 5.10 Å². The van der Waals surface area contributed by atoms with Gasteiger partial charge in [-0.25, -0.2) is 4.98 Å². The van der Waals surface area contributed by atoms with Gasteiger partial charge in [-0.1, -0.05) is 0 Å². The highest BCUT2D eigenvalue weighted by molar-refractivity contribution is 5.82. The van der Waals surface area contributed by atoms with E-state index in [0.29, 0.717) is 6.04 Å². The number of rotatable bonds is 2. The Labute approximate surface area is 94.2 Å². The fraction of sp³-hybridized carbons (Fsp3) is 0.700. The van der Waals surface area contributed by atoms with Crippen LogP contribution in [0.1, 0.15) is 31.6 Å². The number of aromatic amines is 1. The number of fused-ring (bicyclic) bond motifs is 1. The predicted molar refractivity (Wildman–Crippen MR) is 60.0 cm³/mol. The highest BCUT2D eigenvalue weighted by Gasteiger charge is 2.32. The fourth-order valence-electron chi connectivity index (χ4n) is 2.40. The zero-order valence-corrected chi connectivity index (χ0v) is 9.35. The van der Waals surface area contributed by atoms with Gasteiger partial charge < -0.3 is 10.2 Å². The van der Waals surface area contributed by atoms with Crippen LogP contribution in [0.25, 0.3) is 0 Å². The summed E-state index contributed by atoms with van der Waals surface area (Å²) in [5, 5.41) is 10.1. The van der Waals surface area contributed by atoms with E-state index in [2.05, 4.69) is 37.3 Å². The minimum atomic E-state index is 0.126. The summed E-state index contributed by atoms with van der Waals surface area (Å²) >= 11 is 0. The summed E-state index contributed by atoms with van der Waals surface area (Å²) in [7, 11) is 0. The Morgan fingerprint density at radius 2 is 2.56 bits per heavy atom. The van der Waals surface area contributed by atoms with Gasteiger partial charge in [-0.15, -0.1) is 0 Å². The maximum absolute atomic E-state index is 4.54. The standard InChI is InChI=1S/C10H16N6/c1-7(9-12-6-13-15-9)14-10-11-5-8-3-2-4-16(8)10/h6-8H,2-5H2,1H3,(H,11,14)(H,12,13,15)/t7?,8-/m1/s1. The van der Waals surface area contributed by atoms with Crippen LogP contribution in [0.2, 0.25) is 0 Å². The Kier molecular flexibility index (Phi) is 2.27. The first-order chi connectivity index (χ1) is 7.84. The van der Waals surface area contributed by atoms with Gasteiger partial charge in [0.2, 0.25) is 0 Å². The summed E-state index contributed by atoms with van der Waals surface area (Å²) < 4.78 is 0. The Morgan fingerprint density at radius 1 is 1.62 bits per heavy atom. The molecule has 3 heterocycles. The second kappa shape index (κ2) is 3.77. The maximum atomic E-state index is 4.54. The van der Waals surface area contributed by atoms with E-state index < -0.39 is 0 Å². The fourth-order valence-corrected chi connectivity index (χ4v) is 2.40. The average molecular weight is 220 g/mol. The zero-order valence-electron chi connectivity index (χ0n) is 9.35. The molecule has 3 rings (SSSR count). The molecule has 16 heavy (non-hydrogen) atoms. The van der Waals surface area contributed by atoms with E-state index >= 15 is 0 Å². The molecule has 6 nitrogen and oxygen atoms in total. The lowest BCUT2D eigenvalue weighted by atomic mass is 10.2. The summed E-state index contributed by atoms with van der Waals surface area (Å²) in [6, 6.07) is 0.755. The second-order valence-electron chi connectivity index (χ2n) is 4.39. The Hall–Kier alpha value is -1.59. The third-order valence-electron chi connectivity index (χ3n) is 3.29. The normalized spacial score (nSPS) is 25.4. The Balaban J connectivity index is 1.67. The Bertz CT molecular complexity index is 384. The highest BCUT2D eigenvalue weighted by Crippen LogP contribution is 2.22. The van der Waals surface area contributed by atoms with Crippen molar-refractivity contribution in [1.82, 2.24) is 25.4 Å². The minimum absolute atomic E-state index is 0.126. The lowest BCUT2D eigenvalue weighted by Gasteiger charge is -2.22. The number of nitrogens with one attached hydrogen (secondary N) is 2. The van der Waals surface area contributed by atoms with Crippen LogP contribution in [0.4, 0.5) is 0 Å². The summed E-state index contributed by atoms with van der Waals surface area (Å²) in [5.74, 6) is 1.87. The first-order valence-corrected chi connectivity index (χ1v) is 5.77. The van der Waals surface area contributed by atoms with Crippen molar-refractivity contribution in [3.05, 3.63) is 12.2 Å². The number of H-pyrrole nitrogens is 1. The molecule has 0 spiro atoms. The number of hydrogen-bond donors (Lipinski definition) is 2. The van der Waals surface area contributed by atoms with E-state index in [-0.39, 0.29) is 6.04 Å². The molecule has 0 radical (unpaired) electrons. The number of aliphatic imine (C=N–C) groups is 1. The lowest BCUT2D eigenvalue weighted by Crippen LogP contribution is -2.41. The van der Waals surface area contributed by atoms with Crippen LogP contribution in [-0.4, -0.2) is 45.2 Å². The third-order valence-corrected chi connectivity index (χ3v) is 3.29. The zero-order chi connectivity index (χ0) is 11.0. The largest absolute Gasteiger partial charge is 0.347 e. The van der Waals surface area contributed by atoms with Crippen LogP contribution >= 0.6 is 0 Å². The molecule has 2 aliphatic heterocycles. The van der Waals surface area contributed by atoms with Crippen LogP contribution in [0, 0.1) is 0 Å². The molecule has 1 unspecified atom stereocenters. The van der Waals surface area contributed by atoms with Gasteiger partial charge in [0.1, 0.15) is 12.2 Å². The molecule has 1 fully saturated rings. The van der Waals surface area contributed by atoms with E-state index in [9.17, 15) is 0 Å². The summed E-state index contributed by atoms with van der Waals surface area (Å²) in [6.45, 7) is 4.12. The van der Waals surface area contributed by atoms with Gasteiger partial charge in [0.05, 0.1) is 18.6 Å². The SMILES string of the molecule is CC(NC1=NC[C@H]2CCCN12)c1ncn[nH]1. The van der Waals surface area contributed by atoms with Crippen molar-refractivity contribution in [1.29, 1.82) is 0 Å². The number of aromatic nitrogens is 3. The number of guanidine groups is 1. The van der Waals surface area contributed by atoms with E-state index in [1.807, 2.05) is 0 Å². The van der Waals surface area contributed by atoms with Crippen molar-refractivity contribution in [3.63, 3.8) is 0 Å². The first kappa shape index (κ1) is 9.62. The molecule has 0 aliphatic carbocycles. The monoisotopic (exact) mass is 220 g/mol. The van der Waals surface area contributed by atoms with Gasteiger partial charge in [0.25, 0.3) is 0 Å². The predicted octanol–water partition coefficient (Wildman–Crippen LogP) is 0.289. The molecule has 0 bridgehead atoms. The lowest BCUT2D eigenvalue weighted by molar-refractivity contribution is 0.412. The molecule has 1 aromatic heterocycles. The molecule has 2 N–H and O–H groups in total. The highest BCUT2D eigenvalue weighted by atomic mass is 15.4. The van der Waals surface area contributed by atoms with Crippen molar-refractivity contribution in [2.75, 3.05) is 13.1 Å². The van der Waals surface area contributed by atoms with E-state index in [0.717, 1.165) is 24.9 Å². The van der Waals surface area contributed by atoms with Gasteiger partial charge in [-0.3, -0.25) is 10.1 Å². The van der Waals surface area contributed by atoms with Crippen molar-refractivity contribution < 1.29 is 0 Å². The molecule has 1 aromatic rings.